The molecule has 4 nitrogen and oxygen atoms in total. The molecule has 1 aromatic rings. The molecule has 0 amide bonds. The molecule has 0 bridgehead atoms. The molecule has 0 saturated carbocycles. The highest BCUT2D eigenvalue weighted by Gasteiger charge is 2.27. The number of anilines is 2. The van der Waals surface area contributed by atoms with Gasteiger partial charge in [-0.1, -0.05) is 11.2 Å². The first-order valence-corrected chi connectivity index (χ1v) is 7.18. The highest BCUT2D eigenvalue weighted by molar-refractivity contribution is 7.91. The summed E-state index contributed by atoms with van der Waals surface area (Å²) in [7, 11) is 0. The number of nitrogen functional groups attached to an aromatic ring is 1. The van der Waals surface area contributed by atoms with E-state index in [1.54, 1.807) is 6.26 Å². The van der Waals surface area contributed by atoms with Gasteiger partial charge in [0.15, 0.2) is 5.82 Å². The van der Waals surface area contributed by atoms with Gasteiger partial charge in [0.1, 0.15) is 5.25 Å². The summed E-state index contributed by atoms with van der Waals surface area (Å²) in [6.45, 7) is 1.38. The smallest absolute Gasteiger partial charge is 0.166 e. The average molecular weight is 257 g/mol. The van der Waals surface area contributed by atoms with Crippen molar-refractivity contribution >= 4 is 22.6 Å². The fourth-order valence-corrected chi connectivity index (χ4v) is 3.06. The molecule has 1 aromatic heterocycles. The number of piperidine rings is 1. The first kappa shape index (κ1) is 12.4. The Hall–Kier alpha value is -1.01. The van der Waals surface area contributed by atoms with E-state index in [0.717, 1.165) is 12.8 Å². The predicted octanol–water partition coefficient (Wildman–Crippen LogP) is 1.15. The molecule has 17 heavy (non-hydrogen) atoms. The fourth-order valence-electron chi connectivity index (χ4n) is 2.19. The van der Waals surface area contributed by atoms with Crippen molar-refractivity contribution in [1.29, 1.82) is 0 Å². The number of hydrogen-bond donors (Lipinski definition) is 1. The van der Waals surface area contributed by atoms with Crippen molar-refractivity contribution in [3.63, 3.8) is 0 Å². The van der Waals surface area contributed by atoms with Crippen molar-refractivity contribution in [2.24, 2.45) is 0 Å². The summed E-state index contributed by atoms with van der Waals surface area (Å²) in [6.07, 6.45) is 5.98. The van der Waals surface area contributed by atoms with Crippen LogP contribution in [0.3, 0.4) is 0 Å². The summed E-state index contributed by atoms with van der Waals surface area (Å²) >= 11 is -0.798. The van der Waals surface area contributed by atoms with Gasteiger partial charge in [-0.2, -0.15) is 0 Å². The lowest BCUT2D eigenvalue weighted by Crippen LogP contribution is -2.39. The molecule has 1 unspecified atom stereocenters. The number of aromatic nitrogens is 1. The van der Waals surface area contributed by atoms with Crippen LogP contribution in [0.2, 0.25) is 0 Å². The van der Waals surface area contributed by atoms with Crippen LogP contribution in [0.1, 0.15) is 12.8 Å². The predicted molar refractivity (Wildman–Crippen MR) is 67.9 cm³/mol. The molecule has 0 aliphatic carbocycles. The van der Waals surface area contributed by atoms with Crippen LogP contribution in [0.25, 0.3) is 0 Å². The quantitative estimate of drug-likeness (QED) is 0.807. The lowest BCUT2D eigenvalue weighted by molar-refractivity contribution is 0.526. The SMILES string of the molecule is C[S+]([O-])C1CCN(c2c(N)cncc2F)CC1. The van der Waals surface area contributed by atoms with E-state index >= 15 is 0 Å². The van der Waals surface area contributed by atoms with E-state index in [9.17, 15) is 8.94 Å². The molecule has 0 spiro atoms. The molecule has 0 aromatic carbocycles. The third-order valence-electron chi connectivity index (χ3n) is 3.13. The Balaban J connectivity index is 2.11. The van der Waals surface area contributed by atoms with Crippen LogP contribution in [0.5, 0.6) is 0 Å². The Labute approximate surface area is 103 Å². The highest BCUT2D eigenvalue weighted by Crippen LogP contribution is 2.29. The van der Waals surface area contributed by atoms with Crippen molar-refractivity contribution in [3.05, 3.63) is 18.2 Å². The van der Waals surface area contributed by atoms with Gasteiger partial charge in [-0.3, -0.25) is 4.98 Å². The van der Waals surface area contributed by atoms with Crippen LogP contribution < -0.4 is 10.6 Å². The van der Waals surface area contributed by atoms with E-state index < -0.39 is 11.2 Å². The Morgan fingerprint density at radius 3 is 2.65 bits per heavy atom. The van der Waals surface area contributed by atoms with E-state index in [4.69, 9.17) is 5.73 Å². The van der Waals surface area contributed by atoms with Gasteiger partial charge in [0.05, 0.1) is 30.0 Å². The molecular weight excluding hydrogens is 241 g/mol. The lowest BCUT2D eigenvalue weighted by Gasteiger charge is -2.33. The second kappa shape index (κ2) is 5.10. The number of nitrogens with zero attached hydrogens (tertiary/aromatic N) is 2. The summed E-state index contributed by atoms with van der Waals surface area (Å²) in [4.78, 5) is 5.62. The summed E-state index contributed by atoms with van der Waals surface area (Å²) in [5, 5.41) is 0.220. The fraction of sp³-hybridized carbons (Fsp3) is 0.545. The minimum absolute atomic E-state index is 0.220. The van der Waals surface area contributed by atoms with Crippen molar-refractivity contribution in [1.82, 2.24) is 4.98 Å². The molecule has 1 aliphatic rings. The van der Waals surface area contributed by atoms with E-state index in [2.05, 4.69) is 4.98 Å². The monoisotopic (exact) mass is 257 g/mol. The lowest BCUT2D eigenvalue weighted by atomic mass is 10.1. The molecule has 2 heterocycles. The van der Waals surface area contributed by atoms with Crippen LogP contribution in [-0.2, 0) is 11.2 Å². The number of nitrogens with two attached hydrogens (primary N) is 1. The summed E-state index contributed by atoms with van der Waals surface area (Å²) < 4.78 is 25.0. The van der Waals surface area contributed by atoms with Crippen LogP contribution >= 0.6 is 0 Å². The number of rotatable bonds is 2. The van der Waals surface area contributed by atoms with Crippen molar-refractivity contribution in [3.8, 4) is 0 Å². The zero-order valence-corrected chi connectivity index (χ0v) is 10.5. The maximum atomic E-state index is 13.6. The van der Waals surface area contributed by atoms with E-state index in [1.807, 2.05) is 4.90 Å². The van der Waals surface area contributed by atoms with Gasteiger partial charge in [0.25, 0.3) is 0 Å². The average Bonchev–Trinajstić information content (AvgIpc) is 2.29. The molecule has 1 atom stereocenters. The van der Waals surface area contributed by atoms with Gasteiger partial charge in [-0.25, -0.2) is 4.39 Å². The van der Waals surface area contributed by atoms with Gasteiger partial charge in [0, 0.05) is 25.9 Å². The molecule has 1 saturated heterocycles. The van der Waals surface area contributed by atoms with Gasteiger partial charge in [-0.05, 0) is 0 Å². The van der Waals surface area contributed by atoms with E-state index in [1.165, 1.54) is 12.4 Å². The molecule has 94 valence electrons. The molecule has 0 radical (unpaired) electrons. The summed E-state index contributed by atoms with van der Waals surface area (Å²) in [5.74, 6) is -0.388. The zero-order chi connectivity index (χ0) is 12.4. The maximum Gasteiger partial charge on any atom is 0.166 e. The Morgan fingerprint density at radius 1 is 1.47 bits per heavy atom. The third-order valence-corrected chi connectivity index (χ3v) is 4.54. The van der Waals surface area contributed by atoms with E-state index in [-0.39, 0.29) is 11.1 Å². The zero-order valence-electron chi connectivity index (χ0n) is 9.73. The number of hydrogen-bond acceptors (Lipinski definition) is 4. The molecule has 2 rings (SSSR count). The largest absolute Gasteiger partial charge is 0.616 e. The minimum atomic E-state index is -0.798. The topological polar surface area (TPSA) is 65.2 Å². The number of halogens is 1. The third kappa shape index (κ3) is 2.63. The summed E-state index contributed by atoms with van der Waals surface area (Å²) in [5.41, 5.74) is 6.54. The summed E-state index contributed by atoms with van der Waals surface area (Å²) in [6, 6.07) is 0. The molecule has 1 aliphatic heterocycles. The Kier molecular flexibility index (Phi) is 3.73. The Bertz CT molecular complexity index is 374. The second-order valence-electron chi connectivity index (χ2n) is 4.24. The first-order chi connectivity index (χ1) is 8.09. The minimum Gasteiger partial charge on any atom is -0.616 e. The first-order valence-electron chi connectivity index (χ1n) is 5.55. The molecule has 6 heteroatoms. The van der Waals surface area contributed by atoms with Gasteiger partial charge >= 0.3 is 0 Å². The van der Waals surface area contributed by atoms with Gasteiger partial charge in [0.2, 0.25) is 0 Å². The van der Waals surface area contributed by atoms with Crippen LogP contribution in [-0.4, -0.2) is 34.1 Å². The maximum absolute atomic E-state index is 13.6. The Morgan fingerprint density at radius 2 is 2.12 bits per heavy atom. The van der Waals surface area contributed by atoms with Gasteiger partial charge < -0.3 is 15.2 Å². The van der Waals surface area contributed by atoms with E-state index in [0.29, 0.717) is 24.5 Å². The standard InChI is InChI=1S/C11H16FN3OS/c1-17(16)8-2-4-15(5-3-8)11-9(12)6-14-7-10(11)13/h6-8H,2-5,13H2,1H3. The molecule has 1 fully saturated rings. The van der Waals surface area contributed by atoms with Crippen LogP contribution in [0.4, 0.5) is 15.8 Å². The molecule has 2 N–H and O–H groups in total. The van der Waals surface area contributed by atoms with Crippen molar-refractivity contribution in [2.75, 3.05) is 30.0 Å². The normalized spacial score (nSPS) is 19.4. The number of pyridine rings is 1. The molecular formula is C11H16FN3OS. The highest BCUT2D eigenvalue weighted by atomic mass is 32.2. The van der Waals surface area contributed by atoms with Gasteiger partial charge in [-0.15, -0.1) is 0 Å². The second-order valence-corrected chi connectivity index (χ2v) is 5.91. The van der Waals surface area contributed by atoms with Crippen LogP contribution in [0, 0.1) is 5.82 Å². The van der Waals surface area contributed by atoms with Crippen molar-refractivity contribution < 1.29 is 8.94 Å². The van der Waals surface area contributed by atoms with Crippen LogP contribution in [0.15, 0.2) is 12.4 Å². The van der Waals surface area contributed by atoms with Crippen molar-refractivity contribution in [2.45, 2.75) is 18.1 Å².